The van der Waals surface area contributed by atoms with Gasteiger partial charge in [0.25, 0.3) is 0 Å². The van der Waals surface area contributed by atoms with Crippen molar-refractivity contribution in [3.8, 4) is 0 Å². The molecule has 0 saturated heterocycles. The average Bonchev–Trinajstić information content (AvgIpc) is 2.71. The summed E-state index contributed by atoms with van der Waals surface area (Å²) in [6, 6.07) is 0. The van der Waals surface area contributed by atoms with Crippen molar-refractivity contribution in [2.24, 2.45) is 0 Å². The highest BCUT2D eigenvalue weighted by Gasteiger charge is 2.37. The van der Waals surface area contributed by atoms with Gasteiger partial charge in [0.2, 0.25) is 5.91 Å². The molecule has 2 N–H and O–H groups in total. The van der Waals surface area contributed by atoms with Crippen LogP contribution in [0.5, 0.6) is 0 Å². The van der Waals surface area contributed by atoms with Crippen molar-refractivity contribution in [3.63, 3.8) is 0 Å². The number of hydrogen-bond donors (Lipinski definition) is 2. The highest BCUT2D eigenvalue weighted by molar-refractivity contribution is 5.78. The fraction of sp³-hybridized carbons (Fsp3) is 0.846. The van der Waals surface area contributed by atoms with E-state index in [1.807, 2.05) is 6.92 Å². The quantitative estimate of drug-likeness (QED) is 0.649. The number of hydrogen-bond acceptors (Lipinski definition) is 3. The van der Waals surface area contributed by atoms with Crippen molar-refractivity contribution in [2.75, 3.05) is 13.2 Å². The Balaban J connectivity index is 2.36. The molecule has 1 saturated carbocycles. The van der Waals surface area contributed by atoms with Crippen molar-refractivity contribution >= 4 is 11.9 Å². The predicted molar refractivity (Wildman–Crippen MR) is 67.3 cm³/mol. The summed E-state index contributed by atoms with van der Waals surface area (Å²) in [6.07, 6.45) is 4.77. The molecular weight excluding hydrogens is 234 g/mol. The van der Waals surface area contributed by atoms with Gasteiger partial charge in [-0.15, -0.1) is 0 Å². The fourth-order valence-electron chi connectivity index (χ4n) is 2.46. The summed E-state index contributed by atoms with van der Waals surface area (Å²) in [5.74, 6) is -0.950. The summed E-state index contributed by atoms with van der Waals surface area (Å²) in [6.45, 7) is 3.08. The van der Waals surface area contributed by atoms with Gasteiger partial charge in [0.05, 0.1) is 18.6 Å². The molecule has 1 aliphatic rings. The lowest BCUT2D eigenvalue weighted by atomic mass is 9.93. The smallest absolute Gasteiger partial charge is 0.305 e. The number of carboxylic acids is 1. The SMILES string of the molecule is CCCOCCC(=O)NC1(CC(=O)O)CCCC1. The fourth-order valence-corrected chi connectivity index (χ4v) is 2.46. The number of carbonyl (C=O) groups excluding carboxylic acids is 1. The molecule has 0 aliphatic heterocycles. The van der Waals surface area contributed by atoms with Crippen LogP contribution in [0.15, 0.2) is 0 Å². The molecule has 1 fully saturated rings. The van der Waals surface area contributed by atoms with Crippen molar-refractivity contribution in [1.82, 2.24) is 5.32 Å². The van der Waals surface area contributed by atoms with Crippen LogP contribution in [-0.4, -0.2) is 35.7 Å². The number of carbonyl (C=O) groups is 2. The molecule has 0 atom stereocenters. The van der Waals surface area contributed by atoms with E-state index < -0.39 is 11.5 Å². The first-order valence-electron chi connectivity index (χ1n) is 6.68. The highest BCUT2D eigenvalue weighted by atomic mass is 16.5. The van der Waals surface area contributed by atoms with Gasteiger partial charge in [-0.2, -0.15) is 0 Å². The molecule has 5 heteroatoms. The standard InChI is InChI=1S/C13H23NO4/c1-2-8-18-9-5-11(15)14-13(10-12(16)17)6-3-4-7-13/h2-10H2,1H3,(H,14,15)(H,16,17). The lowest BCUT2D eigenvalue weighted by molar-refractivity contribution is -0.139. The summed E-state index contributed by atoms with van der Waals surface area (Å²) < 4.78 is 5.25. The molecule has 1 aliphatic carbocycles. The molecule has 18 heavy (non-hydrogen) atoms. The molecule has 0 radical (unpaired) electrons. The largest absolute Gasteiger partial charge is 0.481 e. The van der Waals surface area contributed by atoms with Crippen molar-refractivity contribution < 1.29 is 19.4 Å². The van der Waals surface area contributed by atoms with Crippen LogP contribution >= 0.6 is 0 Å². The van der Waals surface area contributed by atoms with Crippen molar-refractivity contribution in [3.05, 3.63) is 0 Å². The van der Waals surface area contributed by atoms with Gasteiger partial charge in [0, 0.05) is 13.0 Å². The second-order valence-electron chi connectivity index (χ2n) is 4.97. The maximum Gasteiger partial charge on any atom is 0.305 e. The Kier molecular flexibility index (Phi) is 6.12. The van der Waals surface area contributed by atoms with Crippen LogP contribution in [0, 0.1) is 0 Å². The van der Waals surface area contributed by atoms with E-state index in [0.717, 1.165) is 32.1 Å². The lowest BCUT2D eigenvalue weighted by Crippen LogP contribution is -2.48. The molecule has 0 aromatic carbocycles. The average molecular weight is 257 g/mol. The summed E-state index contributed by atoms with van der Waals surface area (Å²) in [4.78, 5) is 22.6. The Hall–Kier alpha value is -1.10. The monoisotopic (exact) mass is 257 g/mol. The number of ether oxygens (including phenoxy) is 1. The Morgan fingerprint density at radius 1 is 1.28 bits per heavy atom. The molecule has 0 bridgehead atoms. The molecule has 104 valence electrons. The minimum absolute atomic E-state index is 0.0224. The molecule has 0 aromatic heterocycles. The molecule has 0 spiro atoms. The van der Waals surface area contributed by atoms with E-state index in [1.54, 1.807) is 0 Å². The third-order valence-corrected chi connectivity index (χ3v) is 3.28. The Labute approximate surface area is 108 Å². The Morgan fingerprint density at radius 2 is 1.94 bits per heavy atom. The van der Waals surface area contributed by atoms with Gasteiger partial charge in [-0.1, -0.05) is 19.8 Å². The third-order valence-electron chi connectivity index (χ3n) is 3.28. The van der Waals surface area contributed by atoms with Crippen LogP contribution < -0.4 is 5.32 Å². The van der Waals surface area contributed by atoms with E-state index in [-0.39, 0.29) is 12.3 Å². The van der Waals surface area contributed by atoms with Gasteiger partial charge < -0.3 is 15.2 Å². The molecule has 0 heterocycles. The van der Waals surface area contributed by atoms with Crippen LogP contribution in [0.4, 0.5) is 0 Å². The van der Waals surface area contributed by atoms with Gasteiger partial charge >= 0.3 is 5.97 Å². The highest BCUT2D eigenvalue weighted by Crippen LogP contribution is 2.32. The summed E-state index contributed by atoms with van der Waals surface area (Å²) in [7, 11) is 0. The topological polar surface area (TPSA) is 75.6 Å². The van der Waals surface area contributed by atoms with Crippen LogP contribution in [0.3, 0.4) is 0 Å². The summed E-state index contributed by atoms with van der Waals surface area (Å²) in [5.41, 5.74) is -0.520. The minimum Gasteiger partial charge on any atom is -0.481 e. The third kappa shape index (κ3) is 5.04. The summed E-state index contributed by atoms with van der Waals surface area (Å²) in [5, 5.41) is 11.8. The molecule has 1 amide bonds. The van der Waals surface area contributed by atoms with Crippen molar-refractivity contribution in [2.45, 2.75) is 57.4 Å². The Bertz CT molecular complexity index is 285. The first-order chi connectivity index (χ1) is 8.58. The lowest BCUT2D eigenvalue weighted by Gasteiger charge is -2.28. The Morgan fingerprint density at radius 3 is 2.50 bits per heavy atom. The zero-order valence-electron chi connectivity index (χ0n) is 11.0. The number of nitrogens with one attached hydrogen (secondary N) is 1. The van der Waals surface area contributed by atoms with E-state index in [0.29, 0.717) is 19.6 Å². The van der Waals surface area contributed by atoms with E-state index in [2.05, 4.69) is 5.32 Å². The van der Waals surface area contributed by atoms with Gasteiger partial charge in [0.1, 0.15) is 0 Å². The number of aliphatic carboxylic acids is 1. The first-order valence-corrected chi connectivity index (χ1v) is 6.68. The number of rotatable bonds is 8. The maximum absolute atomic E-state index is 11.8. The number of carboxylic acid groups (broad SMARTS) is 1. The van der Waals surface area contributed by atoms with Crippen LogP contribution in [0.2, 0.25) is 0 Å². The number of amides is 1. The van der Waals surface area contributed by atoms with Crippen LogP contribution in [-0.2, 0) is 14.3 Å². The van der Waals surface area contributed by atoms with Crippen LogP contribution in [0.1, 0.15) is 51.9 Å². The zero-order chi connectivity index (χ0) is 13.4. The summed E-state index contributed by atoms with van der Waals surface area (Å²) >= 11 is 0. The van der Waals surface area contributed by atoms with Crippen molar-refractivity contribution in [1.29, 1.82) is 0 Å². The van der Waals surface area contributed by atoms with Gasteiger partial charge in [-0.3, -0.25) is 9.59 Å². The maximum atomic E-state index is 11.8. The molecular formula is C13H23NO4. The predicted octanol–water partition coefficient (Wildman–Crippen LogP) is 1.71. The molecule has 5 nitrogen and oxygen atoms in total. The minimum atomic E-state index is -0.848. The van der Waals surface area contributed by atoms with Crippen LogP contribution in [0.25, 0.3) is 0 Å². The van der Waals surface area contributed by atoms with Gasteiger partial charge in [-0.05, 0) is 19.3 Å². The molecule has 0 aromatic rings. The van der Waals surface area contributed by atoms with E-state index in [4.69, 9.17) is 9.84 Å². The first kappa shape index (κ1) is 15.0. The van der Waals surface area contributed by atoms with Gasteiger partial charge in [0.15, 0.2) is 0 Å². The van der Waals surface area contributed by atoms with E-state index in [9.17, 15) is 9.59 Å². The molecule has 1 rings (SSSR count). The second kappa shape index (κ2) is 7.36. The van der Waals surface area contributed by atoms with E-state index >= 15 is 0 Å². The van der Waals surface area contributed by atoms with Gasteiger partial charge in [-0.25, -0.2) is 0 Å². The normalized spacial score (nSPS) is 17.6. The van der Waals surface area contributed by atoms with E-state index in [1.165, 1.54) is 0 Å². The zero-order valence-corrected chi connectivity index (χ0v) is 11.0. The second-order valence-corrected chi connectivity index (χ2v) is 4.97. The molecule has 0 unspecified atom stereocenters.